The summed E-state index contributed by atoms with van der Waals surface area (Å²) in [5, 5.41) is 22.9. The number of carboxylic acids is 2. The van der Waals surface area contributed by atoms with Crippen molar-refractivity contribution in [2.75, 3.05) is 39.4 Å². The van der Waals surface area contributed by atoms with Gasteiger partial charge in [0.15, 0.2) is 11.5 Å². The number of aliphatic carboxylic acids is 2. The Morgan fingerprint density at radius 1 is 0.537 bits per heavy atom. The molecular weight excluding hydrogens is 869 g/mol. The molecule has 0 bridgehead atoms. The Balaban J connectivity index is 1.11. The van der Waals surface area contributed by atoms with E-state index in [-0.39, 0.29) is 11.8 Å². The van der Waals surface area contributed by atoms with Gasteiger partial charge in [-0.2, -0.15) is 9.78 Å². The van der Waals surface area contributed by atoms with Crippen LogP contribution in [0.4, 0.5) is 0 Å². The van der Waals surface area contributed by atoms with Gasteiger partial charge < -0.3 is 29.8 Å². The number of carbonyl (C=O) groups excluding carboxylic acids is 2. The summed E-state index contributed by atoms with van der Waals surface area (Å²) >= 11 is 1.67. The third-order valence-corrected chi connectivity index (χ3v) is 14.6. The van der Waals surface area contributed by atoms with Gasteiger partial charge in [0.1, 0.15) is 0 Å². The summed E-state index contributed by atoms with van der Waals surface area (Å²) in [6.45, 7) is 2.42. The van der Waals surface area contributed by atoms with Crippen LogP contribution in [0.15, 0.2) is 119 Å². The number of nitrogens with zero attached hydrogens (tertiary/aromatic N) is 2. The van der Waals surface area contributed by atoms with Gasteiger partial charge in [0, 0.05) is 72.1 Å². The Labute approximate surface area is 391 Å². The molecule has 0 saturated carbocycles. The second kappa shape index (κ2) is 19.1. The Kier molecular flexibility index (Phi) is 12.5. The standard InChI is InChI=1S/C54H48N2O10S/c57-49(55-23-17-33(18-24-55)53(59)60)15-11-37-31-45(35-9-13-47-39(29-35)21-27-63-65-47)51(43-7-3-1-5-41(37)43)67-52-44-8-4-2-6-42(44)38(12-16-50(58)56-25-19-34(20-26-56)54(61)62)32-46(52)36-10-14-48-40(30-36)22-28-64-66-48/h1-16,29-34H,17-28H2,(H,59,60)(H,61,62). The molecule has 2 fully saturated rings. The fraction of sp³-hybridized carbons (Fsp3) is 0.259. The fourth-order valence-corrected chi connectivity index (χ4v) is 10.9. The number of piperidine rings is 2. The van der Waals surface area contributed by atoms with Crippen molar-refractivity contribution in [1.82, 2.24) is 9.80 Å². The second-order valence-corrected chi connectivity index (χ2v) is 18.4. The van der Waals surface area contributed by atoms with E-state index < -0.39 is 23.8 Å². The molecule has 13 heteroatoms. The van der Waals surface area contributed by atoms with Crippen LogP contribution in [0.1, 0.15) is 47.9 Å². The van der Waals surface area contributed by atoms with Crippen molar-refractivity contribution in [3.63, 3.8) is 0 Å². The first kappa shape index (κ1) is 43.9. The van der Waals surface area contributed by atoms with Crippen LogP contribution in [0.25, 0.3) is 56.0 Å². The third-order valence-electron chi connectivity index (χ3n) is 13.3. The molecule has 10 rings (SSSR count). The highest BCUT2D eigenvalue weighted by Crippen LogP contribution is 2.49. The van der Waals surface area contributed by atoms with E-state index in [1.807, 2.05) is 60.7 Å². The summed E-state index contributed by atoms with van der Waals surface area (Å²) in [4.78, 5) is 77.7. The molecule has 4 aliphatic rings. The summed E-state index contributed by atoms with van der Waals surface area (Å²) < 4.78 is 0. The zero-order valence-corrected chi connectivity index (χ0v) is 37.5. The normalized spacial score (nSPS) is 16.8. The molecule has 340 valence electrons. The molecule has 6 aromatic rings. The molecule has 12 nitrogen and oxygen atoms in total. The van der Waals surface area contributed by atoms with Gasteiger partial charge in [0.05, 0.1) is 25.0 Å². The van der Waals surface area contributed by atoms with Crippen molar-refractivity contribution < 1.29 is 48.9 Å². The molecule has 0 aromatic heterocycles. The number of likely N-dealkylation sites (tertiary alicyclic amines) is 2. The minimum atomic E-state index is -0.819. The first-order valence-electron chi connectivity index (χ1n) is 22.7. The number of hydrogen-bond donors (Lipinski definition) is 2. The molecular formula is C54H48N2O10S. The van der Waals surface area contributed by atoms with Crippen molar-refractivity contribution in [2.45, 2.75) is 48.3 Å². The molecule has 0 spiro atoms. The minimum Gasteiger partial charge on any atom is -0.481 e. The van der Waals surface area contributed by atoms with Crippen molar-refractivity contribution in [2.24, 2.45) is 11.8 Å². The zero-order valence-electron chi connectivity index (χ0n) is 36.7. The SMILES string of the molecule is O=C(O)C1CCN(C(=O)C=Cc2cc(-c3ccc4c(c3)CCOO4)c(Sc3c(-c4ccc5c(c4)CCOO5)cc(C=CC(=O)N4CCC(C(=O)O)CC4)c4ccccc34)c3ccccc23)CC1. The van der Waals surface area contributed by atoms with Gasteiger partial charge in [0.2, 0.25) is 11.8 Å². The number of amides is 2. The smallest absolute Gasteiger partial charge is 0.306 e. The lowest BCUT2D eigenvalue weighted by Crippen LogP contribution is -2.39. The average Bonchev–Trinajstić information content (AvgIpc) is 3.37. The van der Waals surface area contributed by atoms with Gasteiger partial charge in [0.25, 0.3) is 0 Å². The van der Waals surface area contributed by atoms with Crippen molar-refractivity contribution in [3.05, 3.63) is 131 Å². The predicted octanol–water partition coefficient (Wildman–Crippen LogP) is 9.88. The maximum absolute atomic E-state index is 13.6. The quantitative estimate of drug-likeness (QED) is 0.0998. The highest BCUT2D eigenvalue weighted by molar-refractivity contribution is 8.00. The first-order chi connectivity index (χ1) is 32.7. The van der Waals surface area contributed by atoms with E-state index in [0.717, 1.165) is 75.8 Å². The molecule has 0 atom stereocenters. The van der Waals surface area contributed by atoms with Crippen LogP contribution in [0.3, 0.4) is 0 Å². The van der Waals surface area contributed by atoms with Crippen LogP contribution < -0.4 is 9.78 Å². The number of carbonyl (C=O) groups is 4. The Morgan fingerprint density at radius 3 is 1.34 bits per heavy atom. The number of rotatable bonds is 10. The predicted molar refractivity (Wildman–Crippen MR) is 255 cm³/mol. The van der Waals surface area contributed by atoms with E-state index in [0.29, 0.717) is 89.4 Å². The van der Waals surface area contributed by atoms with Gasteiger partial charge in [-0.25, -0.2) is 0 Å². The van der Waals surface area contributed by atoms with Crippen molar-refractivity contribution in [1.29, 1.82) is 0 Å². The highest BCUT2D eigenvalue weighted by atomic mass is 32.2. The maximum atomic E-state index is 13.6. The Bertz CT molecular complexity index is 2800. The van der Waals surface area contributed by atoms with E-state index in [4.69, 9.17) is 19.6 Å². The molecule has 67 heavy (non-hydrogen) atoms. The molecule has 6 aromatic carbocycles. The largest absolute Gasteiger partial charge is 0.481 e. The van der Waals surface area contributed by atoms with Crippen LogP contribution in [-0.4, -0.2) is 83.2 Å². The van der Waals surface area contributed by atoms with E-state index in [1.165, 1.54) is 0 Å². The van der Waals surface area contributed by atoms with Gasteiger partial charge in [-0.1, -0.05) is 72.4 Å². The van der Waals surface area contributed by atoms with Crippen LogP contribution >= 0.6 is 11.8 Å². The highest BCUT2D eigenvalue weighted by Gasteiger charge is 2.28. The van der Waals surface area contributed by atoms with Crippen LogP contribution in [0.5, 0.6) is 11.5 Å². The zero-order chi connectivity index (χ0) is 46.0. The van der Waals surface area contributed by atoms with E-state index >= 15 is 0 Å². The molecule has 2 saturated heterocycles. The number of carboxylic acid groups (broad SMARTS) is 2. The van der Waals surface area contributed by atoms with Crippen LogP contribution in [0, 0.1) is 11.8 Å². The molecule has 4 heterocycles. The Morgan fingerprint density at radius 2 is 0.940 bits per heavy atom. The summed E-state index contributed by atoms with van der Waals surface area (Å²) in [6.07, 6.45) is 10.0. The van der Waals surface area contributed by atoms with E-state index in [9.17, 15) is 29.4 Å². The lowest BCUT2D eigenvalue weighted by atomic mass is 9.94. The number of fused-ring (bicyclic) bond motifs is 4. The van der Waals surface area contributed by atoms with Crippen molar-refractivity contribution >= 4 is 69.2 Å². The van der Waals surface area contributed by atoms with E-state index in [2.05, 4.69) is 48.5 Å². The maximum Gasteiger partial charge on any atom is 0.306 e. The molecule has 0 aliphatic carbocycles. The minimum absolute atomic E-state index is 0.157. The summed E-state index contributed by atoms with van der Waals surface area (Å²) in [5.41, 5.74) is 7.62. The summed E-state index contributed by atoms with van der Waals surface area (Å²) in [5.74, 6) is -1.49. The summed E-state index contributed by atoms with van der Waals surface area (Å²) in [6, 6.07) is 33.0. The lowest BCUT2D eigenvalue weighted by Gasteiger charge is -2.29. The molecule has 0 radical (unpaired) electrons. The third kappa shape index (κ3) is 9.14. The van der Waals surface area contributed by atoms with E-state index in [1.54, 1.807) is 33.7 Å². The fourth-order valence-electron chi connectivity index (χ4n) is 9.57. The lowest BCUT2D eigenvalue weighted by molar-refractivity contribution is -0.215. The average molecular weight is 917 g/mol. The second-order valence-electron chi connectivity index (χ2n) is 17.4. The first-order valence-corrected chi connectivity index (χ1v) is 23.5. The monoisotopic (exact) mass is 916 g/mol. The molecule has 0 unspecified atom stereocenters. The summed E-state index contributed by atoms with van der Waals surface area (Å²) in [7, 11) is 0. The molecule has 2 amide bonds. The van der Waals surface area contributed by atoms with Crippen LogP contribution in [-0.2, 0) is 41.8 Å². The van der Waals surface area contributed by atoms with Gasteiger partial charge in [-0.3, -0.25) is 19.2 Å². The van der Waals surface area contributed by atoms with Gasteiger partial charge in [-0.15, -0.1) is 0 Å². The topological polar surface area (TPSA) is 152 Å². The van der Waals surface area contributed by atoms with Gasteiger partial charge >= 0.3 is 11.9 Å². The van der Waals surface area contributed by atoms with Crippen LogP contribution in [0.2, 0.25) is 0 Å². The number of hydrogen-bond acceptors (Lipinski definition) is 9. The Hall–Kier alpha value is -6.93. The van der Waals surface area contributed by atoms with Crippen molar-refractivity contribution in [3.8, 4) is 33.8 Å². The molecule has 4 aliphatic heterocycles. The molecule has 2 N–H and O–H groups in total. The number of benzene rings is 6. The van der Waals surface area contributed by atoms with Gasteiger partial charge in [-0.05, 0) is 129 Å².